The molecular weight excluding hydrogens is 144 g/mol. The normalized spacial score (nSPS) is 13.9. The highest BCUT2D eigenvalue weighted by Gasteiger charge is 2.05. The van der Waals surface area contributed by atoms with Crippen molar-refractivity contribution in [2.75, 3.05) is 0 Å². The fourth-order valence-electron chi connectivity index (χ4n) is 1.19. The van der Waals surface area contributed by atoms with E-state index in [0.717, 1.165) is 0 Å². The van der Waals surface area contributed by atoms with E-state index in [-0.39, 0.29) is 0 Å². The van der Waals surface area contributed by atoms with E-state index in [2.05, 4.69) is 26.7 Å². The van der Waals surface area contributed by atoms with Gasteiger partial charge in [0.15, 0.2) is 0 Å². The largest absolute Gasteiger partial charge is 0.106 e. The molecule has 1 aliphatic carbocycles. The zero-order valence-corrected chi connectivity index (χ0v) is 8.82. The van der Waals surface area contributed by atoms with E-state index in [1.807, 2.05) is 19.9 Å². The van der Waals surface area contributed by atoms with Gasteiger partial charge in [-0.1, -0.05) is 32.1 Å². The van der Waals surface area contributed by atoms with Crippen LogP contribution in [0.1, 0.15) is 40.0 Å². The number of hydrogen-bond acceptors (Lipinski definition) is 0. The Balaban J connectivity index is 0. The standard InChI is InChI=1S/C8H12.C2H6.C2H4/c1-3-8-6-4-5-7(8)2;2*1-2/h3H,1,4-6H2,2H3;1-2H3;1-2H2. The van der Waals surface area contributed by atoms with E-state index in [1.165, 1.54) is 24.8 Å². The van der Waals surface area contributed by atoms with Gasteiger partial charge < -0.3 is 0 Å². The van der Waals surface area contributed by atoms with Crippen LogP contribution in [-0.4, -0.2) is 0 Å². The summed E-state index contributed by atoms with van der Waals surface area (Å²) >= 11 is 0. The third-order valence-electron chi connectivity index (χ3n) is 1.79. The van der Waals surface area contributed by atoms with Crippen molar-refractivity contribution in [1.29, 1.82) is 0 Å². The second kappa shape index (κ2) is 10.2. The van der Waals surface area contributed by atoms with Gasteiger partial charge in [-0.25, -0.2) is 0 Å². The van der Waals surface area contributed by atoms with Gasteiger partial charge >= 0.3 is 0 Å². The Morgan fingerprint density at radius 3 is 1.83 bits per heavy atom. The molecule has 12 heavy (non-hydrogen) atoms. The maximum Gasteiger partial charge on any atom is -0.0277 e. The lowest BCUT2D eigenvalue weighted by molar-refractivity contribution is 0.899. The molecule has 0 atom stereocenters. The van der Waals surface area contributed by atoms with E-state index >= 15 is 0 Å². The van der Waals surface area contributed by atoms with E-state index in [9.17, 15) is 0 Å². The fraction of sp³-hybridized carbons (Fsp3) is 0.500. The Morgan fingerprint density at radius 2 is 1.67 bits per heavy atom. The Labute approximate surface area is 77.7 Å². The summed E-state index contributed by atoms with van der Waals surface area (Å²) in [6.45, 7) is 15.9. The van der Waals surface area contributed by atoms with Crippen LogP contribution in [0.15, 0.2) is 37.0 Å². The van der Waals surface area contributed by atoms with Crippen LogP contribution in [0.25, 0.3) is 0 Å². The second-order valence-electron chi connectivity index (χ2n) is 2.36. The van der Waals surface area contributed by atoms with Crippen LogP contribution in [0.5, 0.6) is 0 Å². The third-order valence-corrected chi connectivity index (χ3v) is 1.79. The summed E-state index contributed by atoms with van der Waals surface area (Å²) in [5, 5.41) is 0. The molecule has 0 aromatic carbocycles. The highest BCUT2D eigenvalue weighted by atomic mass is 14.1. The van der Waals surface area contributed by atoms with E-state index in [0.29, 0.717) is 0 Å². The van der Waals surface area contributed by atoms with Gasteiger partial charge in [0.05, 0.1) is 0 Å². The molecule has 0 saturated heterocycles. The number of allylic oxidation sites excluding steroid dienone is 3. The molecule has 1 aliphatic rings. The minimum absolute atomic E-state index is 1.26. The first-order valence-electron chi connectivity index (χ1n) is 4.65. The molecule has 0 unspecified atom stereocenters. The van der Waals surface area contributed by atoms with Gasteiger partial charge in [0.25, 0.3) is 0 Å². The van der Waals surface area contributed by atoms with Gasteiger partial charge in [-0.05, 0) is 31.8 Å². The predicted octanol–water partition coefficient (Wildman–Crippen LogP) is 4.50. The molecule has 0 N–H and O–H groups in total. The van der Waals surface area contributed by atoms with Crippen molar-refractivity contribution in [2.45, 2.75) is 40.0 Å². The maximum atomic E-state index is 3.74. The first-order chi connectivity index (χ1) is 5.84. The van der Waals surface area contributed by atoms with Crippen LogP contribution in [-0.2, 0) is 0 Å². The summed E-state index contributed by atoms with van der Waals surface area (Å²) in [4.78, 5) is 0. The van der Waals surface area contributed by atoms with Gasteiger partial charge in [0.1, 0.15) is 0 Å². The molecule has 0 aromatic heterocycles. The van der Waals surface area contributed by atoms with Crippen molar-refractivity contribution in [2.24, 2.45) is 0 Å². The van der Waals surface area contributed by atoms with Crippen LogP contribution in [0.4, 0.5) is 0 Å². The Kier molecular flexibility index (Phi) is 11.7. The van der Waals surface area contributed by atoms with Crippen LogP contribution < -0.4 is 0 Å². The summed E-state index contributed by atoms with van der Waals surface area (Å²) < 4.78 is 0. The highest BCUT2D eigenvalue weighted by molar-refractivity contribution is 5.26. The average Bonchev–Trinajstić information content (AvgIpc) is 2.58. The van der Waals surface area contributed by atoms with Gasteiger partial charge in [-0.3, -0.25) is 0 Å². The van der Waals surface area contributed by atoms with Gasteiger partial charge in [0, 0.05) is 0 Å². The quantitative estimate of drug-likeness (QED) is 0.503. The molecule has 0 amide bonds. The van der Waals surface area contributed by atoms with Crippen molar-refractivity contribution in [3.8, 4) is 0 Å². The first kappa shape index (κ1) is 13.8. The SMILES string of the molecule is C=C.C=CC1=C(C)CCC1.CC. The molecule has 0 nitrogen and oxygen atoms in total. The van der Waals surface area contributed by atoms with Crippen LogP contribution >= 0.6 is 0 Å². The van der Waals surface area contributed by atoms with Crippen LogP contribution in [0.3, 0.4) is 0 Å². The number of rotatable bonds is 1. The van der Waals surface area contributed by atoms with Crippen molar-refractivity contribution in [1.82, 2.24) is 0 Å². The molecule has 70 valence electrons. The van der Waals surface area contributed by atoms with E-state index in [1.54, 1.807) is 5.57 Å². The second-order valence-corrected chi connectivity index (χ2v) is 2.36. The monoisotopic (exact) mass is 166 g/mol. The van der Waals surface area contributed by atoms with Crippen LogP contribution in [0, 0.1) is 0 Å². The summed E-state index contributed by atoms with van der Waals surface area (Å²) in [6, 6.07) is 0. The Hall–Kier alpha value is -0.780. The topological polar surface area (TPSA) is 0 Å². The zero-order chi connectivity index (χ0) is 9.98. The molecule has 0 heteroatoms. The zero-order valence-electron chi connectivity index (χ0n) is 8.82. The molecule has 0 saturated carbocycles. The molecule has 0 spiro atoms. The molecule has 1 rings (SSSR count). The smallest absolute Gasteiger partial charge is 0.0277 e. The summed E-state index contributed by atoms with van der Waals surface area (Å²) in [5.41, 5.74) is 3.02. The Morgan fingerprint density at radius 1 is 1.17 bits per heavy atom. The lowest BCUT2D eigenvalue weighted by Crippen LogP contribution is -1.69. The molecule has 0 heterocycles. The van der Waals surface area contributed by atoms with Gasteiger partial charge in [0.2, 0.25) is 0 Å². The summed E-state index contributed by atoms with van der Waals surface area (Å²) in [6.07, 6.45) is 5.88. The van der Waals surface area contributed by atoms with Crippen molar-refractivity contribution < 1.29 is 0 Å². The molecular formula is C12H22. The lowest BCUT2D eigenvalue weighted by atomic mass is 10.2. The third kappa shape index (κ3) is 4.95. The molecule has 0 aliphatic heterocycles. The summed E-state index contributed by atoms with van der Waals surface area (Å²) in [5.74, 6) is 0. The Bertz CT molecular complexity index is 140. The molecule has 0 radical (unpaired) electrons. The lowest BCUT2D eigenvalue weighted by Gasteiger charge is -1.90. The average molecular weight is 166 g/mol. The molecule has 0 aromatic rings. The predicted molar refractivity (Wildman–Crippen MR) is 59.4 cm³/mol. The fourth-order valence-corrected chi connectivity index (χ4v) is 1.19. The highest BCUT2D eigenvalue weighted by Crippen LogP contribution is 2.25. The van der Waals surface area contributed by atoms with Crippen molar-refractivity contribution in [3.63, 3.8) is 0 Å². The molecule has 0 bridgehead atoms. The van der Waals surface area contributed by atoms with Crippen LogP contribution in [0.2, 0.25) is 0 Å². The first-order valence-corrected chi connectivity index (χ1v) is 4.65. The summed E-state index contributed by atoms with van der Waals surface area (Å²) in [7, 11) is 0. The van der Waals surface area contributed by atoms with Crippen molar-refractivity contribution >= 4 is 0 Å². The molecule has 0 fully saturated rings. The maximum absolute atomic E-state index is 3.74. The van der Waals surface area contributed by atoms with Gasteiger partial charge in [-0.15, -0.1) is 13.2 Å². The number of hydrogen-bond donors (Lipinski definition) is 0. The minimum atomic E-state index is 1.26. The minimum Gasteiger partial charge on any atom is -0.106 e. The van der Waals surface area contributed by atoms with Crippen molar-refractivity contribution in [3.05, 3.63) is 37.0 Å². The van der Waals surface area contributed by atoms with E-state index < -0.39 is 0 Å². The van der Waals surface area contributed by atoms with Gasteiger partial charge in [-0.2, -0.15) is 0 Å². The van der Waals surface area contributed by atoms with E-state index in [4.69, 9.17) is 0 Å².